The second-order valence-corrected chi connectivity index (χ2v) is 23.5. The van der Waals surface area contributed by atoms with E-state index in [2.05, 4.69) is 43.5 Å². The van der Waals surface area contributed by atoms with Crippen LogP contribution in [-0.2, 0) is 14.3 Å². The van der Waals surface area contributed by atoms with E-state index in [1.165, 1.54) is 302 Å². The number of hydrogen-bond donors (Lipinski definition) is 3. The number of hydrogen-bond acceptors (Lipinski definition) is 5. The van der Waals surface area contributed by atoms with Crippen molar-refractivity contribution in [3.63, 3.8) is 0 Å². The smallest absolute Gasteiger partial charge is 0.305 e. The average Bonchev–Trinajstić information content (AvgIpc) is 3.41. The molecular weight excluding hydrogens is 923 g/mol. The molecule has 0 rings (SSSR count). The van der Waals surface area contributed by atoms with Crippen molar-refractivity contribution < 1.29 is 24.5 Å². The van der Waals surface area contributed by atoms with Crippen LogP contribution in [0.4, 0.5) is 0 Å². The van der Waals surface area contributed by atoms with Crippen LogP contribution < -0.4 is 5.32 Å². The molecule has 0 aromatic heterocycles. The number of aliphatic hydroxyl groups is 2. The highest BCUT2D eigenvalue weighted by Crippen LogP contribution is 2.18. The van der Waals surface area contributed by atoms with Crippen LogP contribution in [0, 0.1) is 0 Å². The van der Waals surface area contributed by atoms with Crippen LogP contribution in [-0.4, -0.2) is 47.4 Å². The van der Waals surface area contributed by atoms with Crippen LogP contribution in [0.1, 0.15) is 380 Å². The van der Waals surface area contributed by atoms with Crippen molar-refractivity contribution in [1.29, 1.82) is 0 Å². The number of nitrogens with one attached hydrogen (secondary N) is 1. The minimum Gasteiger partial charge on any atom is -0.466 e. The van der Waals surface area contributed by atoms with Crippen LogP contribution in [0.15, 0.2) is 24.3 Å². The van der Waals surface area contributed by atoms with Gasteiger partial charge in [0.15, 0.2) is 0 Å². The summed E-state index contributed by atoms with van der Waals surface area (Å²) in [7, 11) is 0. The monoisotopic (exact) mass is 1060 g/mol. The van der Waals surface area contributed by atoms with Gasteiger partial charge >= 0.3 is 5.97 Å². The van der Waals surface area contributed by atoms with E-state index >= 15 is 0 Å². The zero-order valence-electron chi connectivity index (χ0n) is 50.8. The second-order valence-electron chi connectivity index (χ2n) is 23.5. The van der Waals surface area contributed by atoms with Crippen LogP contribution in [0.25, 0.3) is 0 Å². The highest BCUT2D eigenvalue weighted by molar-refractivity contribution is 5.76. The van der Waals surface area contributed by atoms with E-state index < -0.39 is 12.1 Å². The van der Waals surface area contributed by atoms with E-state index in [1.807, 2.05) is 0 Å². The first kappa shape index (κ1) is 73.3. The lowest BCUT2D eigenvalue weighted by molar-refractivity contribution is -0.143. The Morgan fingerprint density at radius 1 is 0.373 bits per heavy atom. The normalized spacial score (nSPS) is 12.6. The molecule has 6 heteroatoms. The number of carbonyl (C=O) groups is 2. The van der Waals surface area contributed by atoms with Gasteiger partial charge in [0.2, 0.25) is 5.91 Å². The number of aliphatic hydroxyl groups excluding tert-OH is 2. The fourth-order valence-corrected chi connectivity index (χ4v) is 10.8. The molecule has 0 aliphatic carbocycles. The first-order chi connectivity index (χ1) is 37.0. The Morgan fingerprint density at radius 3 is 1.01 bits per heavy atom. The predicted molar refractivity (Wildman–Crippen MR) is 329 cm³/mol. The first-order valence-corrected chi connectivity index (χ1v) is 34.1. The van der Waals surface area contributed by atoms with Gasteiger partial charge in [-0.3, -0.25) is 9.59 Å². The van der Waals surface area contributed by atoms with Crippen molar-refractivity contribution in [3.8, 4) is 0 Å². The number of allylic oxidation sites excluding steroid dienone is 4. The fourth-order valence-electron chi connectivity index (χ4n) is 10.8. The van der Waals surface area contributed by atoms with Crippen LogP contribution >= 0.6 is 0 Å². The molecule has 0 saturated heterocycles. The summed E-state index contributed by atoms with van der Waals surface area (Å²) in [5.74, 6) is -0.0141. The molecule has 0 aromatic carbocycles. The van der Waals surface area contributed by atoms with E-state index in [9.17, 15) is 19.8 Å². The van der Waals surface area contributed by atoms with Crippen molar-refractivity contribution in [2.45, 2.75) is 392 Å². The van der Waals surface area contributed by atoms with E-state index in [0.717, 1.165) is 44.9 Å². The minimum absolute atomic E-state index is 0.0194. The average molecular weight is 1060 g/mol. The van der Waals surface area contributed by atoms with Crippen molar-refractivity contribution in [2.24, 2.45) is 0 Å². The largest absolute Gasteiger partial charge is 0.466 e. The Balaban J connectivity index is 3.33. The van der Waals surface area contributed by atoms with Gasteiger partial charge < -0.3 is 20.3 Å². The summed E-state index contributed by atoms with van der Waals surface area (Å²) >= 11 is 0. The summed E-state index contributed by atoms with van der Waals surface area (Å²) in [6.07, 6.45) is 81.0. The molecular formula is C69H133NO5. The lowest BCUT2D eigenvalue weighted by Crippen LogP contribution is -2.45. The Bertz CT molecular complexity index is 1170. The van der Waals surface area contributed by atoms with Gasteiger partial charge in [-0.1, -0.05) is 334 Å². The van der Waals surface area contributed by atoms with Crippen molar-refractivity contribution in [3.05, 3.63) is 24.3 Å². The standard InChI is InChI=1S/C69H133NO5/c1-3-5-7-9-11-13-14-15-40-43-47-51-55-59-63-69(74)75-64-60-56-52-48-44-41-38-36-34-32-30-28-26-24-22-20-18-16-17-19-21-23-25-27-29-31-33-35-37-39-42-46-50-54-58-62-68(73)70-66(65-71)67(72)61-57-53-49-45-12-10-8-6-4-2/h18,20,24,26,66-67,71-72H,3-17,19,21-23,25,27-65H2,1-2H3,(H,70,73)/b20-18-,26-24-. The molecule has 0 saturated carbocycles. The zero-order chi connectivity index (χ0) is 54.3. The van der Waals surface area contributed by atoms with Gasteiger partial charge in [0.05, 0.1) is 25.4 Å². The van der Waals surface area contributed by atoms with Gasteiger partial charge in [-0.05, 0) is 57.8 Å². The van der Waals surface area contributed by atoms with E-state index in [-0.39, 0.29) is 18.5 Å². The van der Waals surface area contributed by atoms with E-state index in [0.29, 0.717) is 25.9 Å². The Labute approximate surface area is 469 Å². The molecule has 3 N–H and O–H groups in total. The topological polar surface area (TPSA) is 95.9 Å². The molecule has 0 heterocycles. The molecule has 0 aromatic rings. The Morgan fingerprint density at radius 2 is 0.667 bits per heavy atom. The zero-order valence-corrected chi connectivity index (χ0v) is 50.8. The van der Waals surface area contributed by atoms with Crippen molar-refractivity contribution in [2.75, 3.05) is 13.2 Å². The van der Waals surface area contributed by atoms with E-state index in [1.54, 1.807) is 0 Å². The third-order valence-electron chi connectivity index (χ3n) is 16.0. The van der Waals surface area contributed by atoms with Gasteiger partial charge in [-0.2, -0.15) is 0 Å². The van der Waals surface area contributed by atoms with Crippen LogP contribution in [0.3, 0.4) is 0 Å². The van der Waals surface area contributed by atoms with Gasteiger partial charge in [-0.15, -0.1) is 0 Å². The highest BCUT2D eigenvalue weighted by Gasteiger charge is 2.20. The summed E-state index contributed by atoms with van der Waals surface area (Å²) in [4.78, 5) is 24.5. The number of carbonyl (C=O) groups excluding carboxylic acids is 2. The summed E-state index contributed by atoms with van der Waals surface area (Å²) in [5, 5.41) is 23.1. The molecule has 6 nitrogen and oxygen atoms in total. The first-order valence-electron chi connectivity index (χ1n) is 34.1. The quantitative estimate of drug-likeness (QED) is 0.0320. The van der Waals surface area contributed by atoms with Crippen LogP contribution in [0.5, 0.6) is 0 Å². The van der Waals surface area contributed by atoms with Crippen molar-refractivity contribution >= 4 is 11.9 Å². The third kappa shape index (κ3) is 61.4. The predicted octanol–water partition coefficient (Wildman–Crippen LogP) is 21.8. The number of unbranched alkanes of at least 4 members (excludes halogenated alkanes) is 49. The molecule has 75 heavy (non-hydrogen) atoms. The number of ether oxygens (including phenoxy) is 1. The summed E-state index contributed by atoms with van der Waals surface area (Å²) in [6.45, 7) is 4.96. The molecule has 444 valence electrons. The van der Waals surface area contributed by atoms with Gasteiger partial charge in [0, 0.05) is 12.8 Å². The Hall–Kier alpha value is -1.66. The summed E-state index contributed by atoms with van der Waals surface area (Å²) < 4.78 is 5.49. The van der Waals surface area contributed by atoms with Crippen LogP contribution in [0.2, 0.25) is 0 Å². The highest BCUT2D eigenvalue weighted by atomic mass is 16.5. The number of amides is 1. The van der Waals surface area contributed by atoms with Gasteiger partial charge in [0.25, 0.3) is 0 Å². The lowest BCUT2D eigenvalue weighted by Gasteiger charge is -2.22. The molecule has 0 spiro atoms. The fraction of sp³-hybridized carbons (Fsp3) is 0.913. The molecule has 1 amide bonds. The molecule has 0 aliphatic rings. The lowest BCUT2D eigenvalue weighted by atomic mass is 10.0. The van der Waals surface area contributed by atoms with Gasteiger partial charge in [0.1, 0.15) is 0 Å². The van der Waals surface area contributed by atoms with Crippen molar-refractivity contribution in [1.82, 2.24) is 5.32 Å². The molecule has 0 radical (unpaired) electrons. The second kappa shape index (κ2) is 64.9. The summed E-state index contributed by atoms with van der Waals surface area (Å²) in [6, 6.07) is -0.537. The molecule has 2 unspecified atom stereocenters. The summed E-state index contributed by atoms with van der Waals surface area (Å²) in [5.41, 5.74) is 0. The number of rotatable bonds is 64. The minimum atomic E-state index is -0.660. The maximum atomic E-state index is 12.4. The number of esters is 1. The maximum Gasteiger partial charge on any atom is 0.305 e. The third-order valence-corrected chi connectivity index (χ3v) is 16.0. The van der Waals surface area contributed by atoms with E-state index in [4.69, 9.17) is 4.74 Å². The molecule has 2 atom stereocenters. The molecule has 0 aliphatic heterocycles. The Kier molecular flexibility index (Phi) is 63.4. The molecule has 0 fully saturated rings. The van der Waals surface area contributed by atoms with Gasteiger partial charge in [-0.25, -0.2) is 0 Å². The SMILES string of the molecule is CCCCCCCCCCCCCCCCC(=O)OCCCCCCCCCCCCC/C=C\C/C=C\CCCCCCCCCCCCCCCCCCCC(=O)NC(CO)C(O)CCCCCCCCCCC. The molecule has 0 bridgehead atoms. The maximum absolute atomic E-state index is 12.4.